The third-order valence-corrected chi connectivity index (χ3v) is 6.34. The van der Waals surface area contributed by atoms with Crippen LogP contribution in [0.3, 0.4) is 0 Å². The molecule has 0 atom stereocenters. The van der Waals surface area contributed by atoms with Crippen LogP contribution in [-0.4, -0.2) is 63.1 Å². The van der Waals surface area contributed by atoms with Crippen molar-refractivity contribution in [3.63, 3.8) is 0 Å². The van der Waals surface area contributed by atoms with Gasteiger partial charge < -0.3 is 9.32 Å². The molecule has 1 saturated heterocycles. The van der Waals surface area contributed by atoms with E-state index in [0.29, 0.717) is 35.9 Å². The first-order valence-electron chi connectivity index (χ1n) is 12.1. The second-order valence-corrected chi connectivity index (χ2v) is 8.92. The average molecular weight is 498 g/mol. The predicted molar refractivity (Wildman–Crippen MR) is 140 cm³/mol. The largest absolute Gasteiger partial charge is 0.460 e. The predicted octanol–water partition coefficient (Wildman–Crippen LogP) is 4.82. The summed E-state index contributed by atoms with van der Waals surface area (Å²) in [7, 11) is 0. The molecular formula is C28H27N5O4. The third kappa shape index (κ3) is 5.52. The average Bonchev–Trinajstić information content (AvgIpc) is 3.56. The Morgan fingerprint density at radius 3 is 2.51 bits per heavy atom. The number of carbonyl (C=O) groups is 1. The molecule has 1 aliphatic heterocycles. The number of aromatic nitrogens is 2. The summed E-state index contributed by atoms with van der Waals surface area (Å²) in [5.74, 6) is 1.09. The number of hydrogen-bond donors (Lipinski definition) is 0. The summed E-state index contributed by atoms with van der Waals surface area (Å²) in [6.45, 7) is 5.30. The number of rotatable bonds is 7. The van der Waals surface area contributed by atoms with E-state index in [-0.39, 0.29) is 11.6 Å². The molecule has 1 fully saturated rings. The molecule has 9 heteroatoms. The van der Waals surface area contributed by atoms with Crippen LogP contribution in [0.25, 0.3) is 23.2 Å². The Hall–Kier alpha value is -4.50. The van der Waals surface area contributed by atoms with Crippen LogP contribution in [0, 0.1) is 17.0 Å². The second kappa shape index (κ2) is 10.6. The molecule has 9 nitrogen and oxygen atoms in total. The van der Waals surface area contributed by atoms with Gasteiger partial charge in [-0.1, -0.05) is 48.6 Å². The van der Waals surface area contributed by atoms with Crippen LogP contribution in [0.2, 0.25) is 0 Å². The molecule has 0 spiro atoms. The molecule has 188 valence electrons. The van der Waals surface area contributed by atoms with Crippen LogP contribution in [0.4, 0.5) is 5.69 Å². The zero-order valence-electron chi connectivity index (χ0n) is 20.5. The van der Waals surface area contributed by atoms with E-state index in [2.05, 4.69) is 34.3 Å². The lowest BCUT2D eigenvalue weighted by Gasteiger charge is -2.34. The summed E-state index contributed by atoms with van der Waals surface area (Å²) in [6, 6.07) is 21.6. The molecule has 0 N–H and O–H groups in total. The van der Waals surface area contributed by atoms with Gasteiger partial charge in [-0.05, 0) is 30.7 Å². The van der Waals surface area contributed by atoms with E-state index < -0.39 is 4.92 Å². The van der Waals surface area contributed by atoms with E-state index in [1.807, 2.05) is 31.2 Å². The molecule has 0 radical (unpaired) electrons. The molecule has 0 aliphatic carbocycles. The maximum Gasteiger partial charge on any atom is 0.272 e. The Labute approximate surface area is 214 Å². The quantitative estimate of drug-likeness (QED) is 0.268. The number of non-ortho nitro benzene ring substituents is 1. The molecule has 1 amide bonds. The van der Waals surface area contributed by atoms with Gasteiger partial charge in [-0.25, -0.2) is 4.68 Å². The van der Waals surface area contributed by atoms with Crippen molar-refractivity contribution >= 4 is 17.7 Å². The van der Waals surface area contributed by atoms with Crippen molar-refractivity contribution in [2.45, 2.75) is 6.92 Å². The van der Waals surface area contributed by atoms with Crippen molar-refractivity contribution in [2.24, 2.45) is 0 Å². The van der Waals surface area contributed by atoms with Gasteiger partial charge in [0.2, 0.25) is 0 Å². The minimum absolute atomic E-state index is 0.0704. The third-order valence-electron chi connectivity index (χ3n) is 6.34. The van der Waals surface area contributed by atoms with Crippen molar-refractivity contribution in [3.05, 3.63) is 106 Å². The van der Waals surface area contributed by atoms with Gasteiger partial charge in [-0.3, -0.25) is 19.8 Å². The van der Waals surface area contributed by atoms with Gasteiger partial charge in [0.15, 0.2) is 5.76 Å². The second-order valence-electron chi connectivity index (χ2n) is 8.92. The summed E-state index contributed by atoms with van der Waals surface area (Å²) in [5, 5.41) is 15.9. The number of amides is 1. The minimum atomic E-state index is -0.462. The summed E-state index contributed by atoms with van der Waals surface area (Å²) in [6.07, 6.45) is 4.24. The van der Waals surface area contributed by atoms with Gasteiger partial charge in [0.1, 0.15) is 17.1 Å². The van der Waals surface area contributed by atoms with Crippen molar-refractivity contribution in [1.82, 2.24) is 19.6 Å². The Bertz CT molecular complexity index is 1430. The normalized spacial score (nSPS) is 14.4. The maximum atomic E-state index is 13.6. The number of nitro groups is 1. The molecule has 4 aromatic rings. The summed E-state index contributed by atoms with van der Waals surface area (Å²) in [4.78, 5) is 28.6. The Morgan fingerprint density at radius 1 is 1.03 bits per heavy atom. The topological polar surface area (TPSA) is 97.7 Å². The van der Waals surface area contributed by atoms with Crippen LogP contribution in [0.15, 0.2) is 83.3 Å². The fraction of sp³-hybridized carbons (Fsp3) is 0.214. The number of hydrogen-bond acceptors (Lipinski definition) is 6. The number of aryl methyl sites for hydroxylation is 1. The van der Waals surface area contributed by atoms with E-state index in [1.165, 1.54) is 16.8 Å². The fourth-order valence-corrected chi connectivity index (χ4v) is 4.36. The Balaban J connectivity index is 1.34. The fourth-order valence-electron chi connectivity index (χ4n) is 4.36. The van der Waals surface area contributed by atoms with Crippen LogP contribution >= 0.6 is 0 Å². The smallest absolute Gasteiger partial charge is 0.272 e. The molecule has 37 heavy (non-hydrogen) atoms. The highest BCUT2D eigenvalue weighted by molar-refractivity contribution is 5.94. The first-order valence-corrected chi connectivity index (χ1v) is 12.1. The van der Waals surface area contributed by atoms with Gasteiger partial charge >= 0.3 is 0 Å². The van der Waals surface area contributed by atoms with Gasteiger partial charge in [0.05, 0.1) is 10.6 Å². The van der Waals surface area contributed by atoms with Crippen LogP contribution in [-0.2, 0) is 0 Å². The lowest BCUT2D eigenvalue weighted by Crippen LogP contribution is -2.49. The molecule has 0 saturated carbocycles. The van der Waals surface area contributed by atoms with Crippen molar-refractivity contribution in [1.29, 1.82) is 0 Å². The number of piperazine rings is 1. The molecule has 5 rings (SSSR count). The Kier molecular flexibility index (Phi) is 6.96. The van der Waals surface area contributed by atoms with Crippen molar-refractivity contribution in [2.75, 3.05) is 32.7 Å². The number of furan rings is 1. The molecular weight excluding hydrogens is 470 g/mol. The zero-order valence-corrected chi connectivity index (χ0v) is 20.5. The molecule has 1 aliphatic rings. The van der Waals surface area contributed by atoms with Crippen LogP contribution in [0.1, 0.15) is 21.8 Å². The van der Waals surface area contributed by atoms with E-state index in [4.69, 9.17) is 4.42 Å². The molecule has 0 bridgehead atoms. The molecule has 2 aromatic carbocycles. The molecule has 2 aromatic heterocycles. The monoisotopic (exact) mass is 497 g/mol. The highest BCUT2D eigenvalue weighted by Crippen LogP contribution is 2.26. The number of carbonyl (C=O) groups excluding carboxylic acids is 1. The first kappa shape index (κ1) is 24.2. The van der Waals surface area contributed by atoms with Crippen molar-refractivity contribution in [3.8, 4) is 17.1 Å². The maximum absolute atomic E-state index is 13.6. The number of nitrogens with zero attached hydrogens (tertiary/aromatic N) is 5. The van der Waals surface area contributed by atoms with Crippen LogP contribution in [0.5, 0.6) is 0 Å². The summed E-state index contributed by atoms with van der Waals surface area (Å²) < 4.78 is 7.19. The Morgan fingerprint density at radius 2 is 1.81 bits per heavy atom. The standard InChI is InChI=1S/C28H27N5O4/c1-21-12-13-27(37-21)25-20-26(32(29-25)23-10-5-11-24(19-23)33(35)36)28(34)31-17-15-30(16-18-31)14-6-9-22-7-3-2-4-8-22/h2-13,19-20H,14-18H2,1H3. The number of benzene rings is 2. The van der Waals surface area contributed by atoms with Gasteiger partial charge in [-0.2, -0.15) is 5.10 Å². The summed E-state index contributed by atoms with van der Waals surface area (Å²) in [5.41, 5.74) is 2.36. The lowest BCUT2D eigenvalue weighted by molar-refractivity contribution is -0.384. The van der Waals surface area contributed by atoms with E-state index in [9.17, 15) is 14.9 Å². The van der Waals surface area contributed by atoms with Gasteiger partial charge in [-0.15, -0.1) is 0 Å². The van der Waals surface area contributed by atoms with Crippen LogP contribution < -0.4 is 0 Å². The van der Waals surface area contributed by atoms with E-state index >= 15 is 0 Å². The van der Waals surface area contributed by atoms with E-state index in [0.717, 1.165) is 31.0 Å². The zero-order chi connectivity index (χ0) is 25.8. The van der Waals surface area contributed by atoms with Gasteiger partial charge in [0.25, 0.3) is 11.6 Å². The highest BCUT2D eigenvalue weighted by atomic mass is 16.6. The lowest BCUT2D eigenvalue weighted by atomic mass is 10.2. The number of nitro benzene ring substituents is 1. The highest BCUT2D eigenvalue weighted by Gasteiger charge is 2.27. The molecule has 3 heterocycles. The minimum Gasteiger partial charge on any atom is -0.460 e. The SMILES string of the molecule is Cc1ccc(-c2cc(C(=O)N3CCN(CC=Cc4ccccc4)CC3)n(-c3cccc([N+](=O)[O-])c3)n2)o1. The van der Waals surface area contributed by atoms with Gasteiger partial charge in [0, 0.05) is 50.9 Å². The molecule has 0 unspecified atom stereocenters. The van der Waals surface area contributed by atoms with Crippen molar-refractivity contribution < 1.29 is 14.1 Å². The van der Waals surface area contributed by atoms with E-state index in [1.54, 1.807) is 29.2 Å². The first-order chi connectivity index (χ1) is 18.0. The summed E-state index contributed by atoms with van der Waals surface area (Å²) >= 11 is 0.